The third-order valence-corrected chi connectivity index (χ3v) is 2.78. The van der Waals surface area contributed by atoms with E-state index in [4.69, 9.17) is 5.73 Å². The van der Waals surface area contributed by atoms with E-state index < -0.39 is 5.91 Å². The largest absolute Gasteiger partial charge is 0.507 e. The molecule has 5 heteroatoms. The van der Waals surface area contributed by atoms with Crippen molar-refractivity contribution in [1.82, 2.24) is 9.78 Å². The number of benzene rings is 1. The molecule has 19 heavy (non-hydrogen) atoms. The van der Waals surface area contributed by atoms with Crippen LogP contribution in [-0.2, 0) is 6.54 Å². The molecule has 5 nitrogen and oxygen atoms in total. The van der Waals surface area contributed by atoms with Crippen LogP contribution in [0.4, 0.5) is 0 Å². The van der Waals surface area contributed by atoms with Gasteiger partial charge >= 0.3 is 0 Å². The quantitative estimate of drug-likeness (QED) is 0.881. The molecule has 1 aromatic carbocycles. The van der Waals surface area contributed by atoms with Gasteiger partial charge in [-0.25, -0.2) is 0 Å². The van der Waals surface area contributed by atoms with E-state index >= 15 is 0 Å². The van der Waals surface area contributed by atoms with Crippen LogP contribution in [0.15, 0.2) is 30.6 Å². The first-order valence-corrected chi connectivity index (χ1v) is 6.13. The Kier molecular flexibility index (Phi) is 3.55. The number of hydrogen-bond acceptors (Lipinski definition) is 3. The molecular weight excluding hydrogens is 242 g/mol. The molecule has 0 unspecified atom stereocenters. The molecule has 3 N–H and O–H groups in total. The predicted molar refractivity (Wildman–Crippen MR) is 72.7 cm³/mol. The van der Waals surface area contributed by atoms with Crippen LogP contribution < -0.4 is 5.73 Å². The molecule has 1 amide bonds. The fourth-order valence-electron chi connectivity index (χ4n) is 1.91. The van der Waals surface area contributed by atoms with Crippen molar-refractivity contribution >= 4 is 5.91 Å². The molecule has 2 aromatic rings. The number of carbonyl (C=O) groups is 1. The summed E-state index contributed by atoms with van der Waals surface area (Å²) < 4.78 is 1.83. The highest BCUT2D eigenvalue weighted by atomic mass is 16.3. The summed E-state index contributed by atoms with van der Waals surface area (Å²) in [7, 11) is 0. The number of nitrogens with zero attached hydrogens (tertiary/aromatic N) is 2. The van der Waals surface area contributed by atoms with Gasteiger partial charge in [0.2, 0.25) is 5.91 Å². The van der Waals surface area contributed by atoms with Crippen molar-refractivity contribution in [3.63, 3.8) is 0 Å². The molecule has 1 aromatic heterocycles. The number of nitrogens with two attached hydrogens (primary N) is 1. The van der Waals surface area contributed by atoms with Crippen molar-refractivity contribution in [3.8, 4) is 16.9 Å². The summed E-state index contributed by atoms with van der Waals surface area (Å²) in [5, 5.41) is 14.2. The molecule has 0 spiro atoms. The van der Waals surface area contributed by atoms with Gasteiger partial charge in [0.15, 0.2) is 0 Å². The van der Waals surface area contributed by atoms with Crippen LogP contribution in [0, 0.1) is 5.92 Å². The van der Waals surface area contributed by atoms with Crippen molar-refractivity contribution in [3.05, 3.63) is 36.2 Å². The number of aromatic nitrogens is 2. The molecule has 2 rings (SSSR count). The Morgan fingerprint density at radius 3 is 2.79 bits per heavy atom. The third-order valence-electron chi connectivity index (χ3n) is 2.78. The van der Waals surface area contributed by atoms with Gasteiger partial charge < -0.3 is 10.8 Å². The number of primary amides is 1. The Hall–Kier alpha value is -2.30. The van der Waals surface area contributed by atoms with Gasteiger partial charge in [-0.05, 0) is 24.1 Å². The van der Waals surface area contributed by atoms with Gasteiger partial charge in [0.1, 0.15) is 5.75 Å². The molecule has 0 saturated heterocycles. The number of amides is 1. The lowest BCUT2D eigenvalue weighted by atomic mass is 10.1. The summed E-state index contributed by atoms with van der Waals surface area (Å²) in [4.78, 5) is 11.0. The summed E-state index contributed by atoms with van der Waals surface area (Å²) in [5.74, 6) is -0.0312. The summed E-state index contributed by atoms with van der Waals surface area (Å²) in [5.41, 5.74) is 6.90. The molecule has 0 saturated carbocycles. The Balaban J connectivity index is 2.31. The first kappa shape index (κ1) is 13.1. The summed E-state index contributed by atoms with van der Waals surface area (Å²) in [6.07, 6.45) is 3.57. The summed E-state index contributed by atoms with van der Waals surface area (Å²) in [6.45, 7) is 5.04. The summed E-state index contributed by atoms with van der Waals surface area (Å²) >= 11 is 0. The second kappa shape index (κ2) is 5.14. The number of phenolic OH excluding ortho intramolecular Hbond substituents is 1. The van der Waals surface area contributed by atoms with Crippen molar-refractivity contribution in [2.45, 2.75) is 20.4 Å². The zero-order valence-electron chi connectivity index (χ0n) is 11.0. The molecule has 0 bridgehead atoms. The Morgan fingerprint density at radius 1 is 1.47 bits per heavy atom. The standard InChI is InChI=1S/C14H17N3O2/c1-9(2)7-17-8-11(6-16-17)12-4-3-10(14(15)19)5-13(12)18/h3-6,8-9,18H,7H2,1-2H3,(H2,15,19). The molecule has 100 valence electrons. The van der Waals surface area contributed by atoms with E-state index in [1.54, 1.807) is 18.3 Å². The number of aromatic hydroxyl groups is 1. The SMILES string of the molecule is CC(C)Cn1cc(-c2ccc(C(N)=O)cc2O)cn1. The van der Waals surface area contributed by atoms with Gasteiger partial charge in [-0.15, -0.1) is 0 Å². The molecule has 0 aliphatic rings. The van der Waals surface area contributed by atoms with E-state index in [-0.39, 0.29) is 11.3 Å². The van der Waals surface area contributed by atoms with E-state index in [0.29, 0.717) is 11.5 Å². The van der Waals surface area contributed by atoms with Gasteiger partial charge in [0, 0.05) is 29.4 Å². The number of carbonyl (C=O) groups excluding carboxylic acids is 1. The van der Waals surface area contributed by atoms with E-state index in [0.717, 1.165) is 12.1 Å². The second-order valence-electron chi connectivity index (χ2n) is 4.94. The lowest BCUT2D eigenvalue weighted by Gasteiger charge is -2.05. The van der Waals surface area contributed by atoms with Crippen LogP contribution in [0.3, 0.4) is 0 Å². The van der Waals surface area contributed by atoms with Crippen LogP contribution in [0.5, 0.6) is 5.75 Å². The second-order valence-corrected chi connectivity index (χ2v) is 4.94. The molecule has 1 heterocycles. The maximum Gasteiger partial charge on any atom is 0.248 e. The maximum atomic E-state index is 11.0. The van der Waals surface area contributed by atoms with Crippen LogP contribution in [0.1, 0.15) is 24.2 Å². The molecular formula is C14H17N3O2. The van der Waals surface area contributed by atoms with Crippen LogP contribution in [0.2, 0.25) is 0 Å². The number of phenols is 1. The highest BCUT2D eigenvalue weighted by Crippen LogP contribution is 2.29. The molecule has 0 aliphatic heterocycles. The van der Waals surface area contributed by atoms with Crippen LogP contribution >= 0.6 is 0 Å². The van der Waals surface area contributed by atoms with Gasteiger partial charge in [0.25, 0.3) is 0 Å². The lowest BCUT2D eigenvalue weighted by Crippen LogP contribution is -2.10. The van der Waals surface area contributed by atoms with E-state index in [9.17, 15) is 9.90 Å². The number of hydrogen-bond donors (Lipinski definition) is 2. The smallest absolute Gasteiger partial charge is 0.248 e. The average Bonchev–Trinajstić information content (AvgIpc) is 2.76. The zero-order valence-corrected chi connectivity index (χ0v) is 11.0. The predicted octanol–water partition coefficient (Wildman–Crippen LogP) is 2.01. The minimum atomic E-state index is -0.558. The van der Waals surface area contributed by atoms with Gasteiger partial charge in [-0.1, -0.05) is 13.8 Å². The normalized spacial score (nSPS) is 10.9. The van der Waals surface area contributed by atoms with E-state index in [1.165, 1.54) is 6.07 Å². The minimum Gasteiger partial charge on any atom is -0.507 e. The van der Waals surface area contributed by atoms with E-state index in [1.807, 2.05) is 10.9 Å². The molecule has 0 aliphatic carbocycles. The van der Waals surface area contributed by atoms with Gasteiger partial charge in [0.05, 0.1) is 6.20 Å². The van der Waals surface area contributed by atoms with Crippen LogP contribution in [0.25, 0.3) is 11.1 Å². The summed E-state index contributed by atoms with van der Waals surface area (Å²) in [6, 6.07) is 4.64. The molecule has 0 fully saturated rings. The van der Waals surface area contributed by atoms with Crippen molar-refractivity contribution in [2.24, 2.45) is 11.7 Å². The Bertz CT molecular complexity index is 602. The van der Waals surface area contributed by atoms with Crippen molar-refractivity contribution < 1.29 is 9.90 Å². The van der Waals surface area contributed by atoms with Gasteiger partial charge in [-0.3, -0.25) is 9.48 Å². The monoisotopic (exact) mass is 259 g/mol. The topological polar surface area (TPSA) is 81.1 Å². The van der Waals surface area contributed by atoms with Crippen molar-refractivity contribution in [2.75, 3.05) is 0 Å². The lowest BCUT2D eigenvalue weighted by molar-refractivity contribution is 0.1000. The van der Waals surface area contributed by atoms with E-state index in [2.05, 4.69) is 18.9 Å². The van der Waals surface area contributed by atoms with Crippen molar-refractivity contribution in [1.29, 1.82) is 0 Å². The highest BCUT2D eigenvalue weighted by molar-refractivity contribution is 5.94. The Labute approximate surface area is 111 Å². The molecule has 0 atom stereocenters. The first-order chi connectivity index (χ1) is 8.97. The fraction of sp³-hybridized carbons (Fsp3) is 0.286. The Morgan fingerprint density at radius 2 is 2.21 bits per heavy atom. The van der Waals surface area contributed by atoms with Crippen LogP contribution in [-0.4, -0.2) is 20.8 Å². The zero-order chi connectivity index (χ0) is 14.0. The minimum absolute atomic E-state index is 0.0281. The van der Waals surface area contributed by atoms with Gasteiger partial charge in [-0.2, -0.15) is 5.10 Å². The average molecular weight is 259 g/mol. The molecule has 0 radical (unpaired) electrons. The first-order valence-electron chi connectivity index (χ1n) is 6.13. The maximum absolute atomic E-state index is 11.0. The number of rotatable bonds is 4. The fourth-order valence-corrected chi connectivity index (χ4v) is 1.91. The highest BCUT2D eigenvalue weighted by Gasteiger charge is 2.10. The third kappa shape index (κ3) is 2.93.